The van der Waals surface area contributed by atoms with Crippen molar-refractivity contribution in [3.63, 3.8) is 0 Å². The van der Waals surface area contributed by atoms with Crippen molar-refractivity contribution in [1.29, 1.82) is 0 Å². The molecule has 0 saturated heterocycles. The van der Waals surface area contributed by atoms with Gasteiger partial charge in [0.05, 0.1) is 11.8 Å². The SMILES string of the molecule is NCC1CCC(Cn2cc(CC(O)c3ccccc3)nn2)CC1. The van der Waals surface area contributed by atoms with Gasteiger partial charge in [0.15, 0.2) is 0 Å². The Morgan fingerprint density at radius 1 is 1.13 bits per heavy atom. The largest absolute Gasteiger partial charge is 0.388 e. The molecule has 1 aliphatic carbocycles. The second-order valence-electron chi connectivity index (χ2n) is 6.68. The van der Waals surface area contributed by atoms with Crippen molar-refractivity contribution >= 4 is 0 Å². The lowest BCUT2D eigenvalue weighted by atomic mass is 9.82. The Kier molecular flexibility index (Phi) is 5.41. The summed E-state index contributed by atoms with van der Waals surface area (Å²) >= 11 is 0. The number of benzene rings is 1. The Balaban J connectivity index is 1.52. The lowest BCUT2D eigenvalue weighted by Crippen LogP contribution is -2.23. The molecule has 0 radical (unpaired) electrons. The van der Waals surface area contributed by atoms with Gasteiger partial charge in [0.2, 0.25) is 0 Å². The molecule has 1 fully saturated rings. The zero-order chi connectivity index (χ0) is 16.1. The van der Waals surface area contributed by atoms with Gasteiger partial charge in [-0.2, -0.15) is 0 Å². The van der Waals surface area contributed by atoms with E-state index < -0.39 is 6.10 Å². The van der Waals surface area contributed by atoms with Crippen molar-refractivity contribution in [1.82, 2.24) is 15.0 Å². The number of hydrogen-bond acceptors (Lipinski definition) is 4. The number of aromatic nitrogens is 3. The summed E-state index contributed by atoms with van der Waals surface area (Å²) in [6.07, 6.45) is 6.87. The second-order valence-corrected chi connectivity index (χ2v) is 6.68. The van der Waals surface area contributed by atoms with Crippen LogP contribution in [0.1, 0.15) is 43.0 Å². The van der Waals surface area contributed by atoms with Crippen molar-refractivity contribution in [2.45, 2.75) is 44.8 Å². The molecule has 1 aliphatic rings. The Morgan fingerprint density at radius 3 is 2.52 bits per heavy atom. The third kappa shape index (κ3) is 4.39. The maximum Gasteiger partial charge on any atom is 0.0856 e. The first-order valence-electron chi connectivity index (χ1n) is 8.56. The van der Waals surface area contributed by atoms with Crippen LogP contribution in [0.5, 0.6) is 0 Å². The summed E-state index contributed by atoms with van der Waals surface area (Å²) in [6, 6.07) is 9.70. The monoisotopic (exact) mass is 314 g/mol. The minimum Gasteiger partial charge on any atom is -0.388 e. The molecule has 3 N–H and O–H groups in total. The Bertz CT molecular complexity index is 590. The molecule has 124 valence electrons. The van der Waals surface area contributed by atoms with Gasteiger partial charge in [-0.1, -0.05) is 35.5 Å². The average molecular weight is 314 g/mol. The van der Waals surface area contributed by atoms with Crippen LogP contribution in [-0.2, 0) is 13.0 Å². The van der Waals surface area contributed by atoms with Crippen LogP contribution >= 0.6 is 0 Å². The molecule has 1 unspecified atom stereocenters. The molecular formula is C18H26N4O. The van der Waals surface area contributed by atoms with Gasteiger partial charge in [-0.05, 0) is 49.6 Å². The highest BCUT2D eigenvalue weighted by molar-refractivity contribution is 5.18. The molecule has 1 atom stereocenters. The number of nitrogens with two attached hydrogens (primary N) is 1. The van der Waals surface area contributed by atoms with E-state index in [9.17, 15) is 5.11 Å². The first kappa shape index (κ1) is 16.1. The first-order chi connectivity index (χ1) is 11.2. The highest BCUT2D eigenvalue weighted by atomic mass is 16.3. The van der Waals surface area contributed by atoms with Gasteiger partial charge >= 0.3 is 0 Å². The number of nitrogens with zero attached hydrogens (tertiary/aromatic N) is 3. The number of aliphatic hydroxyl groups is 1. The molecule has 1 heterocycles. The number of hydrogen-bond donors (Lipinski definition) is 2. The van der Waals surface area contributed by atoms with Crippen molar-refractivity contribution in [3.8, 4) is 0 Å². The van der Waals surface area contributed by atoms with Crippen LogP contribution in [0.3, 0.4) is 0 Å². The van der Waals surface area contributed by atoms with Gasteiger partial charge in [-0.15, -0.1) is 5.10 Å². The van der Waals surface area contributed by atoms with Crippen molar-refractivity contribution < 1.29 is 5.11 Å². The standard InChI is InChI=1S/C18H26N4O/c19-11-14-6-8-15(9-7-14)12-22-13-17(20-21-22)10-18(23)16-4-2-1-3-5-16/h1-5,13-15,18,23H,6-12,19H2. The Hall–Kier alpha value is -1.72. The van der Waals surface area contributed by atoms with Gasteiger partial charge < -0.3 is 10.8 Å². The van der Waals surface area contributed by atoms with Gasteiger partial charge in [-0.25, -0.2) is 0 Å². The summed E-state index contributed by atoms with van der Waals surface area (Å²) in [4.78, 5) is 0. The molecule has 5 nitrogen and oxygen atoms in total. The topological polar surface area (TPSA) is 77.0 Å². The van der Waals surface area contributed by atoms with Crippen LogP contribution in [0.4, 0.5) is 0 Å². The average Bonchev–Trinajstić information content (AvgIpc) is 3.03. The highest BCUT2D eigenvalue weighted by Crippen LogP contribution is 2.29. The van der Waals surface area contributed by atoms with Crippen LogP contribution < -0.4 is 5.73 Å². The summed E-state index contributed by atoms with van der Waals surface area (Å²) in [6.45, 7) is 1.74. The summed E-state index contributed by atoms with van der Waals surface area (Å²) in [7, 11) is 0. The molecule has 5 heteroatoms. The van der Waals surface area contributed by atoms with E-state index in [1.54, 1.807) is 0 Å². The fraction of sp³-hybridized carbons (Fsp3) is 0.556. The summed E-state index contributed by atoms with van der Waals surface area (Å²) < 4.78 is 1.93. The van der Waals surface area contributed by atoms with Gasteiger partial charge in [0.1, 0.15) is 0 Å². The summed E-state index contributed by atoms with van der Waals surface area (Å²) in [5, 5.41) is 18.7. The predicted molar refractivity (Wildman–Crippen MR) is 89.6 cm³/mol. The van der Waals surface area contributed by atoms with E-state index in [1.165, 1.54) is 25.7 Å². The van der Waals surface area contributed by atoms with E-state index in [1.807, 2.05) is 41.2 Å². The van der Waals surface area contributed by atoms with E-state index >= 15 is 0 Å². The van der Waals surface area contributed by atoms with Crippen LogP contribution in [0.15, 0.2) is 36.5 Å². The lowest BCUT2D eigenvalue weighted by Gasteiger charge is -2.27. The van der Waals surface area contributed by atoms with Crippen LogP contribution in [-0.4, -0.2) is 26.6 Å². The Labute approximate surface area is 137 Å². The maximum absolute atomic E-state index is 10.3. The van der Waals surface area contributed by atoms with E-state index in [4.69, 9.17) is 5.73 Å². The zero-order valence-corrected chi connectivity index (χ0v) is 13.5. The van der Waals surface area contributed by atoms with E-state index in [0.29, 0.717) is 18.3 Å². The third-order valence-corrected chi connectivity index (χ3v) is 4.92. The summed E-state index contributed by atoms with van der Waals surface area (Å²) in [5.74, 6) is 1.38. The fourth-order valence-electron chi connectivity index (χ4n) is 3.43. The van der Waals surface area contributed by atoms with E-state index in [2.05, 4.69) is 10.3 Å². The minimum absolute atomic E-state index is 0.504. The number of rotatable bonds is 6. The van der Waals surface area contributed by atoms with Crippen molar-refractivity contribution in [2.24, 2.45) is 17.6 Å². The zero-order valence-electron chi connectivity index (χ0n) is 13.5. The van der Waals surface area contributed by atoms with Crippen LogP contribution in [0.25, 0.3) is 0 Å². The molecule has 23 heavy (non-hydrogen) atoms. The van der Waals surface area contributed by atoms with E-state index in [-0.39, 0.29) is 0 Å². The Morgan fingerprint density at radius 2 is 1.83 bits per heavy atom. The molecule has 1 aromatic carbocycles. The highest BCUT2D eigenvalue weighted by Gasteiger charge is 2.21. The molecule has 2 aromatic rings. The first-order valence-corrected chi connectivity index (χ1v) is 8.56. The predicted octanol–water partition coefficient (Wildman–Crippen LogP) is 2.32. The number of aliphatic hydroxyl groups excluding tert-OH is 1. The van der Waals surface area contributed by atoms with Crippen molar-refractivity contribution in [3.05, 3.63) is 47.8 Å². The quantitative estimate of drug-likeness (QED) is 0.858. The van der Waals surface area contributed by atoms with Gasteiger partial charge in [0.25, 0.3) is 0 Å². The van der Waals surface area contributed by atoms with Crippen molar-refractivity contribution in [2.75, 3.05) is 6.54 Å². The molecule has 1 saturated carbocycles. The van der Waals surface area contributed by atoms with Gasteiger partial charge in [0, 0.05) is 19.2 Å². The minimum atomic E-state index is -0.527. The lowest BCUT2D eigenvalue weighted by molar-refractivity contribution is 0.177. The second kappa shape index (κ2) is 7.70. The smallest absolute Gasteiger partial charge is 0.0856 e. The molecular weight excluding hydrogens is 288 g/mol. The van der Waals surface area contributed by atoms with Gasteiger partial charge in [-0.3, -0.25) is 4.68 Å². The van der Waals surface area contributed by atoms with E-state index in [0.717, 1.165) is 24.3 Å². The van der Waals surface area contributed by atoms with Crippen LogP contribution in [0.2, 0.25) is 0 Å². The molecule has 0 bridgehead atoms. The molecule has 1 aromatic heterocycles. The third-order valence-electron chi connectivity index (χ3n) is 4.92. The molecule has 0 aliphatic heterocycles. The molecule has 0 amide bonds. The normalized spacial score (nSPS) is 22.9. The summed E-state index contributed by atoms with van der Waals surface area (Å²) in [5.41, 5.74) is 7.51. The van der Waals surface area contributed by atoms with Crippen LogP contribution in [0, 0.1) is 11.8 Å². The fourth-order valence-corrected chi connectivity index (χ4v) is 3.43. The molecule has 0 spiro atoms. The molecule has 3 rings (SSSR count). The maximum atomic E-state index is 10.3.